The minimum atomic E-state index is -0.466. The molecule has 0 amide bonds. The summed E-state index contributed by atoms with van der Waals surface area (Å²) in [5.74, 6) is 0.455. The van der Waals surface area contributed by atoms with Crippen molar-refractivity contribution in [3.8, 4) is 33.6 Å². The molecule has 0 saturated carbocycles. The topological polar surface area (TPSA) is 29.5 Å². The average Bonchev–Trinajstić information content (AvgIpc) is 3.89. The fourth-order valence-corrected chi connectivity index (χ4v) is 7.78. The zero-order valence-electron chi connectivity index (χ0n) is 36.3. The monoisotopic (exact) mass is 710 g/mol. The first kappa shape index (κ1) is 24.8. The Labute approximate surface area is 327 Å². The van der Waals surface area contributed by atoms with Gasteiger partial charge in [-0.1, -0.05) is 139 Å². The van der Waals surface area contributed by atoms with Crippen molar-refractivity contribution in [3.63, 3.8) is 0 Å². The van der Waals surface area contributed by atoms with E-state index in [0.29, 0.717) is 33.4 Å². The summed E-state index contributed by atoms with van der Waals surface area (Å²) in [7, 11) is 0. The molecule has 55 heavy (non-hydrogen) atoms. The fourth-order valence-electron chi connectivity index (χ4n) is 7.78. The molecule has 0 unspecified atom stereocenters. The van der Waals surface area contributed by atoms with Gasteiger partial charge in [0.25, 0.3) is 0 Å². The van der Waals surface area contributed by atoms with E-state index in [0.717, 1.165) is 39.0 Å². The van der Waals surface area contributed by atoms with Crippen LogP contribution in [-0.4, -0.2) is 0 Å². The SMILES string of the molecule is [2H]c1c(-c2ccc3c(c2)oc2cc(N(c4ccccc4)c4ccccc4)ccc23)c([2H])c2c3oc(-c4ccccc4)c(-c4ccccc4)c3c3c([2H])c([2H])c([2H])c([2H])c3c2c1[2H]. The van der Waals surface area contributed by atoms with Crippen LogP contribution in [0.25, 0.3) is 88.0 Å². The standard InChI is InChI=1S/C52H33NO2/c1-5-15-34(16-6-1)49-50-45-24-14-13-23-41(45)42-28-25-36(31-46(42)52(50)55-51(49)35-17-7-2-8-18-35)37-26-29-43-44-30-27-40(33-48(44)54-47(43)32-37)53(38-19-9-3-10-20-38)39-21-11-4-12-22-39/h1-33H/i13D,14D,23D,24D,25D,28D,31D. The van der Waals surface area contributed by atoms with Crippen LogP contribution in [0, 0.1) is 0 Å². The van der Waals surface area contributed by atoms with Crippen molar-refractivity contribution in [1.82, 2.24) is 0 Å². The van der Waals surface area contributed by atoms with Crippen LogP contribution < -0.4 is 4.90 Å². The van der Waals surface area contributed by atoms with E-state index < -0.39 is 12.1 Å². The number of anilines is 3. The molecule has 11 aromatic rings. The van der Waals surface area contributed by atoms with Gasteiger partial charge < -0.3 is 13.7 Å². The summed E-state index contributed by atoms with van der Waals surface area (Å²) in [4.78, 5) is 2.16. The summed E-state index contributed by atoms with van der Waals surface area (Å²) < 4.78 is 78.4. The summed E-state index contributed by atoms with van der Waals surface area (Å²) in [6.45, 7) is 0. The third-order valence-electron chi connectivity index (χ3n) is 10.3. The number of benzene rings is 9. The van der Waals surface area contributed by atoms with Crippen LogP contribution in [0.15, 0.2) is 209 Å². The third kappa shape index (κ3) is 5.13. The molecule has 0 aliphatic heterocycles. The molecule has 0 radical (unpaired) electrons. The molecule has 0 aliphatic carbocycles. The van der Waals surface area contributed by atoms with Gasteiger partial charge in [-0.15, -0.1) is 0 Å². The van der Waals surface area contributed by atoms with Gasteiger partial charge in [-0.05, 0) is 87.4 Å². The second-order valence-corrected chi connectivity index (χ2v) is 13.5. The van der Waals surface area contributed by atoms with Crippen LogP contribution in [0.3, 0.4) is 0 Å². The molecule has 2 heterocycles. The lowest BCUT2D eigenvalue weighted by Crippen LogP contribution is -2.09. The molecule has 9 aromatic carbocycles. The first-order valence-electron chi connectivity index (χ1n) is 21.6. The Morgan fingerprint density at radius 1 is 0.400 bits per heavy atom. The Kier molecular flexibility index (Phi) is 5.70. The van der Waals surface area contributed by atoms with Gasteiger partial charge in [0.2, 0.25) is 0 Å². The number of furan rings is 2. The Bertz CT molecular complexity index is 3550. The lowest BCUT2D eigenvalue weighted by Gasteiger charge is -2.25. The van der Waals surface area contributed by atoms with Crippen LogP contribution in [0.2, 0.25) is 0 Å². The summed E-state index contributed by atoms with van der Waals surface area (Å²) in [6, 6.07) is 48.7. The predicted octanol–water partition coefficient (Wildman–Crippen LogP) is 15.1. The molecule has 258 valence electrons. The first-order chi connectivity index (χ1) is 30.2. The second-order valence-electron chi connectivity index (χ2n) is 13.5. The summed E-state index contributed by atoms with van der Waals surface area (Å²) >= 11 is 0. The predicted molar refractivity (Wildman–Crippen MR) is 229 cm³/mol. The van der Waals surface area contributed by atoms with E-state index in [1.807, 2.05) is 121 Å². The highest BCUT2D eigenvalue weighted by Gasteiger charge is 2.23. The normalized spacial score (nSPS) is 13.4. The lowest BCUT2D eigenvalue weighted by atomic mass is 9.91. The Hall–Kier alpha value is -7.36. The molecule has 0 aliphatic rings. The van der Waals surface area contributed by atoms with Crippen molar-refractivity contribution in [2.24, 2.45) is 0 Å². The van der Waals surface area contributed by atoms with Gasteiger partial charge in [0.1, 0.15) is 22.5 Å². The van der Waals surface area contributed by atoms with E-state index in [2.05, 4.69) is 35.2 Å². The van der Waals surface area contributed by atoms with E-state index >= 15 is 0 Å². The van der Waals surface area contributed by atoms with Crippen LogP contribution >= 0.6 is 0 Å². The molecule has 11 rings (SSSR count). The number of fused-ring (bicyclic) bond motifs is 9. The largest absolute Gasteiger partial charge is 0.456 e. The van der Waals surface area contributed by atoms with Crippen LogP contribution in [0.5, 0.6) is 0 Å². The highest BCUT2D eigenvalue weighted by Crippen LogP contribution is 2.48. The molecule has 0 saturated heterocycles. The molecule has 0 fully saturated rings. The van der Waals surface area contributed by atoms with Crippen molar-refractivity contribution in [3.05, 3.63) is 200 Å². The Balaban J connectivity index is 1.18. The molecule has 0 spiro atoms. The lowest BCUT2D eigenvalue weighted by molar-refractivity contribution is 0.636. The first-order valence-corrected chi connectivity index (χ1v) is 18.1. The van der Waals surface area contributed by atoms with Crippen molar-refractivity contribution < 1.29 is 18.4 Å². The van der Waals surface area contributed by atoms with Crippen LogP contribution in [0.4, 0.5) is 17.1 Å². The molecule has 2 aromatic heterocycles. The fraction of sp³-hybridized carbons (Fsp3) is 0. The van der Waals surface area contributed by atoms with Crippen molar-refractivity contribution in [1.29, 1.82) is 0 Å². The highest BCUT2D eigenvalue weighted by atomic mass is 16.3. The molecule has 3 nitrogen and oxygen atoms in total. The smallest absolute Gasteiger partial charge is 0.143 e. The van der Waals surface area contributed by atoms with Crippen molar-refractivity contribution in [2.75, 3.05) is 4.90 Å². The van der Waals surface area contributed by atoms with E-state index in [-0.39, 0.29) is 62.9 Å². The molecular weight excluding hydrogens is 671 g/mol. The van der Waals surface area contributed by atoms with Gasteiger partial charge in [-0.2, -0.15) is 0 Å². The zero-order valence-corrected chi connectivity index (χ0v) is 29.3. The summed E-state index contributed by atoms with van der Waals surface area (Å²) in [6.07, 6.45) is 0. The van der Waals surface area contributed by atoms with Crippen molar-refractivity contribution in [2.45, 2.75) is 0 Å². The zero-order chi connectivity index (χ0) is 42.4. The molecule has 0 atom stereocenters. The van der Waals surface area contributed by atoms with Gasteiger partial charge >= 0.3 is 0 Å². The van der Waals surface area contributed by atoms with Gasteiger partial charge in [-0.25, -0.2) is 0 Å². The quantitative estimate of drug-likeness (QED) is 0.161. The number of nitrogens with zero attached hydrogens (tertiary/aromatic N) is 1. The number of para-hydroxylation sites is 2. The highest BCUT2D eigenvalue weighted by molar-refractivity contribution is 6.29. The number of hydrogen-bond acceptors (Lipinski definition) is 3. The van der Waals surface area contributed by atoms with E-state index in [4.69, 9.17) is 11.6 Å². The number of hydrogen-bond donors (Lipinski definition) is 0. The van der Waals surface area contributed by atoms with Crippen LogP contribution in [0.1, 0.15) is 9.60 Å². The molecular formula is C52H33NO2. The number of rotatable bonds is 6. The molecule has 3 heteroatoms. The molecule has 0 N–H and O–H groups in total. The maximum atomic E-state index is 9.94. The maximum absolute atomic E-state index is 9.94. The van der Waals surface area contributed by atoms with E-state index in [1.165, 1.54) is 0 Å². The summed E-state index contributed by atoms with van der Waals surface area (Å²) in [5.41, 5.74) is 7.03. The van der Waals surface area contributed by atoms with E-state index in [1.54, 1.807) is 6.07 Å². The third-order valence-corrected chi connectivity index (χ3v) is 10.3. The second kappa shape index (κ2) is 12.6. The average molecular weight is 711 g/mol. The van der Waals surface area contributed by atoms with Crippen LogP contribution in [-0.2, 0) is 0 Å². The van der Waals surface area contributed by atoms with Crippen molar-refractivity contribution >= 4 is 71.5 Å². The van der Waals surface area contributed by atoms with Gasteiger partial charge in [0.05, 0.1) is 9.60 Å². The minimum absolute atomic E-state index is 0.0601. The van der Waals surface area contributed by atoms with Gasteiger partial charge in [0.15, 0.2) is 0 Å². The van der Waals surface area contributed by atoms with Gasteiger partial charge in [-0.3, -0.25) is 0 Å². The van der Waals surface area contributed by atoms with Gasteiger partial charge in [0, 0.05) is 55.8 Å². The Morgan fingerprint density at radius 3 is 1.67 bits per heavy atom. The summed E-state index contributed by atoms with van der Waals surface area (Å²) in [5, 5.41) is 2.64. The minimum Gasteiger partial charge on any atom is -0.456 e. The Morgan fingerprint density at radius 2 is 0.982 bits per heavy atom. The molecule has 0 bridgehead atoms. The maximum Gasteiger partial charge on any atom is 0.143 e. The van der Waals surface area contributed by atoms with E-state index in [9.17, 15) is 6.85 Å².